The fraction of sp³-hybridized carbons (Fsp3) is 0.842. The molecule has 0 aromatic rings. The fourth-order valence-electron chi connectivity index (χ4n) is 5.71. The highest BCUT2D eigenvalue weighted by atomic mass is 16.5. The summed E-state index contributed by atoms with van der Waals surface area (Å²) in [5.41, 5.74) is -0.324. The summed E-state index contributed by atoms with van der Waals surface area (Å²) in [5, 5.41) is 2.91. The zero-order chi connectivity index (χ0) is 18.2. The molecule has 140 valence electrons. The van der Waals surface area contributed by atoms with Gasteiger partial charge in [0.05, 0.1) is 20.1 Å². The first-order chi connectivity index (χ1) is 11.9. The van der Waals surface area contributed by atoms with Crippen molar-refractivity contribution in [2.75, 3.05) is 14.2 Å². The molecule has 6 heteroatoms. The number of hydrogen-bond acceptors (Lipinski definition) is 5. The van der Waals surface area contributed by atoms with Crippen LogP contribution < -0.4 is 5.32 Å². The van der Waals surface area contributed by atoms with E-state index in [2.05, 4.69) is 5.32 Å². The molecule has 1 amide bonds. The van der Waals surface area contributed by atoms with Crippen molar-refractivity contribution >= 4 is 17.8 Å². The van der Waals surface area contributed by atoms with Gasteiger partial charge in [-0.15, -0.1) is 0 Å². The maximum absolute atomic E-state index is 13.1. The van der Waals surface area contributed by atoms with Crippen molar-refractivity contribution in [2.24, 2.45) is 29.1 Å². The van der Waals surface area contributed by atoms with Gasteiger partial charge in [0.15, 0.2) is 0 Å². The summed E-state index contributed by atoms with van der Waals surface area (Å²) >= 11 is 0. The van der Waals surface area contributed by atoms with E-state index >= 15 is 0 Å². The zero-order valence-electron chi connectivity index (χ0n) is 15.4. The number of amides is 1. The van der Waals surface area contributed by atoms with E-state index in [1.807, 2.05) is 0 Å². The standard InChI is InChI=1S/C19H29NO5/c1-11(16(21)24-2)4-15(17(22)25-3)20-18(23)19-8-12-5-13(9-19)7-14(6-12)10-19/h11-15H,4-10H2,1-3H3,(H,20,23)/t11-,12?,13?,14?,15+,19?/m0/s1. The van der Waals surface area contributed by atoms with Crippen LogP contribution in [0.3, 0.4) is 0 Å². The molecule has 4 saturated carbocycles. The van der Waals surface area contributed by atoms with E-state index in [1.165, 1.54) is 33.5 Å². The smallest absolute Gasteiger partial charge is 0.328 e. The van der Waals surface area contributed by atoms with Gasteiger partial charge in [-0.3, -0.25) is 9.59 Å². The Morgan fingerprint density at radius 1 is 0.960 bits per heavy atom. The van der Waals surface area contributed by atoms with Crippen LogP contribution in [-0.4, -0.2) is 38.1 Å². The number of esters is 2. The Hall–Kier alpha value is -1.59. The Bertz CT molecular complexity index is 523. The summed E-state index contributed by atoms with van der Waals surface area (Å²) in [7, 11) is 2.62. The lowest BCUT2D eigenvalue weighted by molar-refractivity contribution is -0.154. The fourth-order valence-corrected chi connectivity index (χ4v) is 5.71. The highest BCUT2D eigenvalue weighted by Gasteiger charge is 2.55. The lowest BCUT2D eigenvalue weighted by atomic mass is 9.49. The van der Waals surface area contributed by atoms with Gasteiger partial charge < -0.3 is 14.8 Å². The molecular formula is C19H29NO5. The van der Waals surface area contributed by atoms with Crippen molar-refractivity contribution < 1.29 is 23.9 Å². The molecule has 0 aliphatic heterocycles. The van der Waals surface area contributed by atoms with Crippen LogP contribution in [0.2, 0.25) is 0 Å². The van der Waals surface area contributed by atoms with Crippen molar-refractivity contribution in [1.29, 1.82) is 0 Å². The minimum Gasteiger partial charge on any atom is -0.469 e. The Morgan fingerprint density at radius 2 is 1.44 bits per heavy atom. The summed E-state index contributed by atoms with van der Waals surface area (Å²) in [6.07, 6.45) is 6.77. The minimum atomic E-state index is -0.806. The summed E-state index contributed by atoms with van der Waals surface area (Å²) in [6, 6.07) is -0.806. The van der Waals surface area contributed by atoms with E-state index in [0.29, 0.717) is 17.8 Å². The molecule has 0 radical (unpaired) electrons. The normalized spacial score (nSPS) is 34.9. The van der Waals surface area contributed by atoms with E-state index < -0.39 is 23.9 Å². The van der Waals surface area contributed by atoms with Crippen LogP contribution in [0.1, 0.15) is 51.9 Å². The van der Waals surface area contributed by atoms with E-state index in [9.17, 15) is 14.4 Å². The van der Waals surface area contributed by atoms with Crippen LogP contribution in [0.25, 0.3) is 0 Å². The van der Waals surface area contributed by atoms with E-state index in [-0.39, 0.29) is 17.7 Å². The largest absolute Gasteiger partial charge is 0.469 e. The number of rotatable bonds is 6. The van der Waals surface area contributed by atoms with Crippen molar-refractivity contribution in [3.8, 4) is 0 Å². The monoisotopic (exact) mass is 351 g/mol. The quantitative estimate of drug-likeness (QED) is 0.741. The van der Waals surface area contributed by atoms with Gasteiger partial charge in [0.1, 0.15) is 6.04 Å². The maximum atomic E-state index is 13.1. The van der Waals surface area contributed by atoms with Crippen molar-refractivity contribution in [3.05, 3.63) is 0 Å². The maximum Gasteiger partial charge on any atom is 0.328 e. The highest BCUT2D eigenvalue weighted by Crippen LogP contribution is 2.60. The van der Waals surface area contributed by atoms with E-state index in [0.717, 1.165) is 19.3 Å². The molecule has 0 aromatic heterocycles. The van der Waals surface area contributed by atoms with Crippen LogP contribution in [-0.2, 0) is 23.9 Å². The van der Waals surface area contributed by atoms with Gasteiger partial charge in [0, 0.05) is 5.41 Å². The molecule has 4 bridgehead atoms. The molecule has 4 aliphatic carbocycles. The van der Waals surface area contributed by atoms with Crippen LogP contribution in [0.5, 0.6) is 0 Å². The average Bonchev–Trinajstić information content (AvgIpc) is 2.58. The number of carbonyl (C=O) groups excluding carboxylic acids is 3. The van der Waals surface area contributed by atoms with E-state index in [1.54, 1.807) is 6.92 Å². The molecule has 0 aromatic carbocycles. The van der Waals surface area contributed by atoms with Gasteiger partial charge in [-0.25, -0.2) is 4.79 Å². The van der Waals surface area contributed by atoms with Gasteiger partial charge in [-0.2, -0.15) is 0 Å². The molecule has 1 N–H and O–H groups in total. The first kappa shape index (κ1) is 18.2. The topological polar surface area (TPSA) is 81.7 Å². The van der Waals surface area contributed by atoms with Gasteiger partial charge in [-0.05, 0) is 62.7 Å². The van der Waals surface area contributed by atoms with Gasteiger partial charge in [-0.1, -0.05) is 6.92 Å². The van der Waals surface area contributed by atoms with Crippen LogP contribution in [0.4, 0.5) is 0 Å². The molecule has 4 rings (SSSR count). The zero-order valence-corrected chi connectivity index (χ0v) is 15.4. The third kappa shape index (κ3) is 3.53. The molecule has 6 nitrogen and oxygen atoms in total. The van der Waals surface area contributed by atoms with Gasteiger partial charge in [0.2, 0.25) is 5.91 Å². The summed E-state index contributed by atoms with van der Waals surface area (Å²) in [6.45, 7) is 1.69. The van der Waals surface area contributed by atoms with Crippen LogP contribution in [0, 0.1) is 29.1 Å². The van der Waals surface area contributed by atoms with Crippen LogP contribution >= 0.6 is 0 Å². The van der Waals surface area contributed by atoms with E-state index in [4.69, 9.17) is 9.47 Å². The Labute approximate surface area is 149 Å². The summed E-state index contributed by atoms with van der Waals surface area (Å²) < 4.78 is 9.57. The second-order valence-electron chi connectivity index (χ2n) is 8.41. The molecule has 0 heterocycles. The second-order valence-corrected chi connectivity index (χ2v) is 8.41. The Balaban J connectivity index is 1.70. The lowest BCUT2D eigenvalue weighted by Crippen LogP contribution is -2.56. The van der Waals surface area contributed by atoms with Crippen molar-refractivity contribution in [2.45, 2.75) is 57.9 Å². The predicted molar refractivity (Wildman–Crippen MR) is 90.3 cm³/mol. The molecule has 0 spiro atoms. The van der Waals surface area contributed by atoms with Gasteiger partial charge >= 0.3 is 11.9 Å². The Morgan fingerprint density at radius 3 is 1.88 bits per heavy atom. The van der Waals surface area contributed by atoms with Crippen molar-refractivity contribution in [1.82, 2.24) is 5.32 Å². The second kappa shape index (κ2) is 6.96. The first-order valence-electron chi connectivity index (χ1n) is 9.33. The lowest BCUT2D eigenvalue weighted by Gasteiger charge is -2.55. The molecule has 4 fully saturated rings. The summed E-state index contributed by atoms with van der Waals surface area (Å²) in [5.74, 6) is 0.560. The number of hydrogen-bond donors (Lipinski definition) is 1. The first-order valence-corrected chi connectivity index (χ1v) is 9.33. The minimum absolute atomic E-state index is 0.0286. The third-order valence-electron chi connectivity index (χ3n) is 6.50. The third-order valence-corrected chi connectivity index (χ3v) is 6.50. The molecule has 4 aliphatic rings. The molecule has 25 heavy (non-hydrogen) atoms. The predicted octanol–water partition coefficient (Wildman–Crippen LogP) is 2.06. The molecule has 2 atom stereocenters. The Kier molecular flexibility index (Phi) is 5.07. The molecular weight excluding hydrogens is 322 g/mol. The summed E-state index contributed by atoms with van der Waals surface area (Å²) in [4.78, 5) is 36.9. The average molecular weight is 351 g/mol. The SMILES string of the molecule is COC(=O)[C@@H](C)C[C@@H](NC(=O)C12CC3CC(CC(C3)C1)C2)C(=O)OC. The number of methoxy groups -OCH3 is 2. The molecule has 0 unspecified atom stereocenters. The molecule has 0 saturated heterocycles. The van der Waals surface area contributed by atoms with Crippen molar-refractivity contribution in [3.63, 3.8) is 0 Å². The highest BCUT2D eigenvalue weighted by molar-refractivity contribution is 5.88. The number of nitrogens with one attached hydrogen (secondary N) is 1. The number of carbonyl (C=O) groups is 3. The number of ether oxygens (including phenoxy) is 2. The van der Waals surface area contributed by atoms with Gasteiger partial charge in [0.25, 0.3) is 0 Å². The van der Waals surface area contributed by atoms with Crippen LogP contribution in [0.15, 0.2) is 0 Å².